The molecule has 1 aromatic rings. The van der Waals surface area contributed by atoms with Crippen molar-refractivity contribution in [2.75, 3.05) is 7.11 Å². The van der Waals surface area contributed by atoms with Crippen molar-refractivity contribution >= 4 is 0 Å². The van der Waals surface area contributed by atoms with Gasteiger partial charge in [0, 0.05) is 6.04 Å². The molecule has 0 saturated carbocycles. The largest absolute Gasteiger partial charge is 0.494 e. The molecular formula is C17H28FNO. The van der Waals surface area contributed by atoms with Crippen molar-refractivity contribution in [3.63, 3.8) is 0 Å². The quantitative estimate of drug-likeness (QED) is 0.614. The molecule has 20 heavy (non-hydrogen) atoms. The lowest BCUT2D eigenvalue weighted by atomic mass is 10.00. The molecule has 0 heterocycles. The summed E-state index contributed by atoms with van der Waals surface area (Å²) >= 11 is 0. The van der Waals surface area contributed by atoms with Gasteiger partial charge in [-0.2, -0.15) is 0 Å². The summed E-state index contributed by atoms with van der Waals surface area (Å²) in [5.41, 5.74) is 6.97. The van der Waals surface area contributed by atoms with Gasteiger partial charge >= 0.3 is 0 Å². The molecular weight excluding hydrogens is 253 g/mol. The van der Waals surface area contributed by atoms with Crippen LogP contribution >= 0.6 is 0 Å². The highest BCUT2D eigenvalue weighted by atomic mass is 19.1. The second-order valence-electron chi connectivity index (χ2n) is 5.41. The average Bonchev–Trinajstić information content (AvgIpc) is 2.46. The third-order valence-corrected chi connectivity index (χ3v) is 3.72. The monoisotopic (exact) mass is 281 g/mol. The number of hydrogen-bond donors (Lipinski definition) is 1. The summed E-state index contributed by atoms with van der Waals surface area (Å²) in [6.45, 7) is 2.23. The fourth-order valence-electron chi connectivity index (χ4n) is 2.40. The van der Waals surface area contributed by atoms with Gasteiger partial charge in [-0.05, 0) is 24.1 Å². The van der Waals surface area contributed by atoms with Crippen molar-refractivity contribution in [1.29, 1.82) is 0 Å². The summed E-state index contributed by atoms with van der Waals surface area (Å²) in [5.74, 6) is -0.0584. The maximum absolute atomic E-state index is 13.6. The second kappa shape index (κ2) is 9.76. The Labute approximate surface area is 122 Å². The van der Waals surface area contributed by atoms with Crippen LogP contribution in [-0.2, 0) is 0 Å². The molecule has 0 aliphatic carbocycles. The van der Waals surface area contributed by atoms with E-state index in [4.69, 9.17) is 10.5 Å². The standard InChI is InChI=1S/C17H28FNO/c1-3-4-5-6-7-8-9-10-16(19)14-11-12-17(20-2)15(18)13-14/h11-13,16H,3-10,19H2,1-2H3. The molecule has 1 aromatic carbocycles. The Bertz CT molecular complexity index is 381. The van der Waals surface area contributed by atoms with Crippen LogP contribution in [0.4, 0.5) is 4.39 Å². The van der Waals surface area contributed by atoms with Crippen LogP contribution in [0.25, 0.3) is 0 Å². The number of methoxy groups -OCH3 is 1. The molecule has 1 unspecified atom stereocenters. The van der Waals surface area contributed by atoms with E-state index in [1.54, 1.807) is 6.07 Å². The van der Waals surface area contributed by atoms with Crippen molar-refractivity contribution in [2.45, 2.75) is 64.3 Å². The molecule has 1 atom stereocenters. The molecule has 0 fully saturated rings. The maximum atomic E-state index is 13.6. The van der Waals surface area contributed by atoms with Crippen LogP contribution in [0, 0.1) is 5.82 Å². The van der Waals surface area contributed by atoms with E-state index in [0.717, 1.165) is 18.4 Å². The second-order valence-corrected chi connectivity index (χ2v) is 5.41. The molecule has 2 N–H and O–H groups in total. The predicted octanol–water partition coefficient (Wildman–Crippen LogP) is 4.97. The maximum Gasteiger partial charge on any atom is 0.165 e. The van der Waals surface area contributed by atoms with Gasteiger partial charge in [0.1, 0.15) is 0 Å². The molecule has 0 bridgehead atoms. The van der Waals surface area contributed by atoms with Crippen molar-refractivity contribution in [3.8, 4) is 5.75 Å². The van der Waals surface area contributed by atoms with Crippen LogP contribution in [0.15, 0.2) is 18.2 Å². The van der Waals surface area contributed by atoms with Crippen LogP contribution in [-0.4, -0.2) is 7.11 Å². The highest BCUT2D eigenvalue weighted by Crippen LogP contribution is 2.23. The third-order valence-electron chi connectivity index (χ3n) is 3.72. The van der Waals surface area contributed by atoms with Crippen molar-refractivity contribution < 1.29 is 9.13 Å². The topological polar surface area (TPSA) is 35.2 Å². The number of nitrogens with two attached hydrogens (primary N) is 1. The first-order chi connectivity index (χ1) is 9.69. The normalized spacial score (nSPS) is 12.4. The highest BCUT2D eigenvalue weighted by molar-refractivity contribution is 5.30. The molecule has 0 amide bonds. The molecule has 0 radical (unpaired) electrons. The molecule has 0 aromatic heterocycles. The Morgan fingerprint density at radius 2 is 1.75 bits per heavy atom. The zero-order valence-corrected chi connectivity index (χ0v) is 12.8. The molecule has 0 aliphatic rings. The Morgan fingerprint density at radius 3 is 2.35 bits per heavy atom. The van der Waals surface area contributed by atoms with Gasteiger partial charge in [-0.25, -0.2) is 4.39 Å². The summed E-state index contributed by atoms with van der Waals surface area (Å²) in [7, 11) is 1.47. The SMILES string of the molecule is CCCCCCCCCC(N)c1ccc(OC)c(F)c1. The fourth-order valence-corrected chi connectivity index (χ4v) is 2.40. The smallest absolute Gasteiger partial charge is 0.165 e. The number of hydrogen-bond acceptors (Lipinski definition) is 2. The Kier molecular flexibility index (Phi) is 8.28. The summed E-state index contributed by atoms with van der Waals surface area (Å²) in [6, 6.07) is 4.92. The lowest BCUT2D eigenvalue weighted by Crippen LogP contribution is -2.10. The fraction of sp³-hybridized carbons (Fsp3) is 0.647. The third kappa shape index (κ3) is 5.91. The first kappa shape index (κ1) is 17.0. The van der Waals surface area contributed by atoms with E-state index in [-0.39, 0.29) is 17.6 Å². The Morgan fingerprint density at radius 1 is 1.10 bits per heavy atom. The zero-order valence-electron chi connectivity index (χ0n) is 12.8. The van der Waals surface area contributed by atoms with Gasteiger partial charge in [0.15, 0.2) is 11.6 Å². The molecule has 3 heteroatoms. The van der Waals surface area contributed by atoms with E-state index in [0.29, 0.717) is 0 Å². The van der Waals surface area contributed by atoms with Crippen LogP contribution < -0.4 is 10.5 Å². The van der Waals surface area contributed by atoms with E-state index in [9.17, 15) is 4.39 Å². The van der Waals surface area contributed by atoms with E-state index in [1.165, 1.54) is 51.7 Å². The van der Waals surface area contributed by atoms with Crippen molar-refractivity contribution in [2.24, 2.45) is 5.73 Å². The average molecular weight is 281 g/mol. The predicted molar refractivity (Wildman–Crippen MR) is 82.5 cm³/mol. The summed E-state index contributed by atoms with van der Waals surface area (Å²) in [5, 5.41) is 0. The van der Waals surface area contributed by atoms with E-state index in [1.807, 2.05) is 6.07 Å². The summed E-state index contributed by atoms with van der Waals surface area (Å²) < 4.78 is 18.5. The van der Waals surface area contributed by atoms with Crippen LogP contribution in [0.2, 0.25) is 0 Å². The van der Waals surface area contributed by atoms with Gasteiger partial charge in [-0.1, -0.05) is 57.9 Å². The van der Waals surface area contributed by atoms with Crippen LogP contribution in [0.5, 0.6) is 5.75 Å². The van der Waals surface area contributed by atoms with Crippen molar-refractivity contribution in [1.82, 2.24) is 0 Å². The minimum atomic E-state index is -0.333. The first-order valence-electron chi connectivity index (χ1n) is 7.78. The number of rotatable bonds is 10. The highest BCUT2D eigenvalue weighted by Gasteiger charge is 2.09. The number of halogens is 1. The Hall–Kier alpha value is -1.09. The van der Waals surface area contributed by atoms with Gasteiger partial charge in [0.2, 0.25) is 0 Å². The number of unbranched alkanes of at least 4 members (excludes halogenated alkanes) is 6. The lowest BCUT2D eigenvalue weighted by Gasteiger charge is -2.13. The first-order valence-corrected chi connectivity index (χ1v) is 7.78. The summed E-state index contributed by atoms with van der Waals surface area (Å²) in [4.78, 5) is 0. The molecule has 1 rings (SSSR count). The van der Waals surface area contributed by atoms with Gasteiger partial charge in [-0.3, -0.25) is 0 Å². The van der Waals surface area contributed by atoms with Gasteiger partial charge < -0.3 is 10.5 Å². The van der Waals surface area contributed by atoms with Gasteiger partial charge in [0.25, 0.3) is 0 Å². The molecule has 114 valence electrons. The lowest BCUT2D eigenvalue weighted by molar-refractivity contribution is 0.385. The van der Waals surface area contributed by atoms with E-state index in [2.05, 4.69) is 6.92 Å². The molecule has 0 spiro atoms. The number of benzene rings is 1. The summed E-state index contributed by atoms with van der Waals surface area (Å²) in [6.07, 6.45) is 9.81. The van der Waals surface area contributed by atoms with Crippen molar-refractivity contribution in [3.05, 3.63) is 29.6 Å². The van der Waals surface area contributed by atoms with Crippen LogP contribution in [0.3, 0.4) is 0 Å². The van der Waals surface area contributed by atoms with E-state index >= 15 is 0 Å². The molecule has 0 aliphatic heterocycles. The minimum Gasteiger partial charge on any atom is -0.494 e. The Balaban J connectivity index is 2.25. The minimum absolute atomic E-state index is 0.0777. The molecule has 0 saturated heterocycles. The van der Waals surface area contributed by atoms with Gasteiger partial charge in [-0.15, -0.1) is 0 Å². The van der Waals surface area contributed by atoms with E-state index < -0.39 is 0 Å². The molecule has 2 nitrogen and oxygen atoms in total. The zero-order chi connectivity index (χ0) is 14.8. The number of ether oxygens (including phenoxy) is 1. The van der Waals surface area contributed by atoms with Gasteiger partial charge in [0.05, 0.1) is 7.11 Å². The van der Waals surface area contributed by atoms with Crippen LogP contribution in [0.1, 0.15) is 69.9 Å².